The van der Waals surface area contributed by atoms with E-state index >= 15 is 0 Å². The van der Waals surface area contributed by atoms with Crippen molar-refractivity contribution in [1.29, 1.82) is 0 Å². The van der Waals surface area contributed by atoms with Crippen LogP contribution >= 0.6 is 0 Å². The number of ether oxygens (including phenoxy) is 1. The van der Waals surface area contributed by atoms with Crippen molar-refractivity contribution in [2.24, 2.45) is 5.92 Å². The van der Waals surface area contributed by atoms with Crippen molar-refractivity contribution < 1.29 is 9.13 Å². The van der Waals surface area contributed by atoms with Gasteiger partial charge in [0.2, 0.25) is 0 Å². The van der Waals surface area contributed by atoms with Gasteiger partial charge in [-0.1, -0.05) is 6.92 Å². The molecule has 1 saturated carbocycles. The maximum Gasteiger partial charge on any atom is 0.112 e. The van der Waals surface area contributed by atoms with E-state index in [1.807, 2.05) is 0 Å². The predicted octanol–water partition coefficient (Wildman–Crippen LogP) is 1.89. The summed E-state index contributed by atoms with van der Waals surface area (Å²) in [6.45, 7) is 3.11. The Morgan fingerprint density at radius 1 is 1.29 bits per heavy atom. The largest absolute Gasteiger partial charge is 0.377 e. The zero-order chi connectivity index (χ0) is 10.0. The van der Waals surface area contributed by atoms with Gasteiger partial charge in [0.15, 0.2) is 0 Å². The molecule has 0 spiro atoms. The first-order valence-electron chi connectivity index (χ1n) is 5.65. The van der Waals surface area contributed by atoms with Crippen LogP contribution in [0.4, 0.5) is 4.39 Å². The van der Waals surface area contributed by atoms with E-state index in [1.54, 1.807) is 0 Å². The van der Waals surface area contributed by atoms with E-state index in [0.717, 1.165) is 5.92 Å². The van der Waals surface area contributed by atoms with E-state index in [0.29, 0.717) is 19.3 Å². The van der Waals surface area contributed by atoms with E-state index in [9.17, 15) is 4.39 Å². The van der Waals surface area contributed by atoms with E-state index in [4.69, 9.17) is 4.74 Å². The Balaban J connectivity index is 1.79. The van der Waals surface area contributed by atoms with Crippen molar-refractivity contribution in [3.63, 3.8) is 0 Å². The second kappa shape index (κ2) is 4.15. The average molecular weight is 201 g/mol. The Kier molecular flexibility index (Phi) is 3.07. The van der Waals surface area contributed by atoms with Crippen LogP contribution in [-0.4, -0.2) is 31.5 Å². The highest BCUT2D eigenvalue weighted by Gasteiger charge is 2.40. The Labute approximate surface area is 85.2 Å². The summed E-state index contributed by atoms with van der Waals surface area (Å²) in [6, 6.07) is 0.519. The number of hydrogen-bond donors (Lipinski definition) is 1. The van der Waals surface area contributed by atoms with Crippen LogP contribution in [-0.2, 0) is 4.74 Å². The van der Waals surface area contributed by atoms with Crippen molar-refractivity contribution in [2.75, 3.05) is 19.9 Å². The minimum atomic E-state index is -0.328. The summed E-state index contributed by atoms with van der Waals surface area (Å²) in [5.41, 5.74) is -0.328. The standard InChI is InChI=1S/C11H20FNO/c1-9-2-4-10(5-3-9)13-11(6-12)7-14-8-11/h9-10,13H,2-8H2,1H3/t9-,10-. The lowest BCUT2D eigenvalue weighted by molar-refractivity contribution is -0.0914. The Morgan fingerprint density at radius 3 is 2.36 bits per heavy atom. The van der Waals surface area contributed by atoms with Crippen molar-refractivity contribution in [2.45, 2.75) is 44.2 Å². The lowest BCUT2D eigenvalue weighted by Crippen LogP contribution is -2.65. The summed E-state index contributed by atoms with van der Waals surface area (Å²) in [4.78, 5) is 0. The quantitative estimate of drug-likeness (QED) is 0.753. The summed E-state index contributed by atoms with van der Waals surface area (Å²) in [5.74, 6) is 0.854. The first-order chi connectivity index (χ1) is 6.74. The monoisotopic (exact) mass is 201 g/mol. The molecule has 1 aliphatic heterocycles. The van der Waals surface area contributed by atoms with Crippen LogP contribution in [0.1, 0.15) is 32.6 Å². The Morgan fingerprint density at radius 2 is 1.93 bits per heavy atom. The molecule has 1 saturated heterocycles. The molecule has 0 amide bonds. The van der Waals surface area contributed by atoms with Crippen LogP contribution in [0.2, 0.25) is 0 Å². The Hall–Kier alpha value is -0.150. The molecule has 1 N–H and O–H groups in total. The van der Waals surface area contributed by atoms with Gasteiger partial charge < -0.3 is 10.1 Å². The zero-order valence-electron chi connectivity index (χ0n) is 8.89. The summed E-state index contributed by atoms with van der Waals surface area (Å²) >= 11 is 0. The molecule has 0 aromatic heterocycles. The van der Waals surface area contributed by atoms with E-state index in [-0.39, 0.29) is 12.2 Å². The molecule has 2 aliphatic rings. The fourth-order valence-electron chi connectivity index (χ4n) is 2.38. The number of halogens is 1. The second-order valence-electron chi connectivity index (χ2n) is 5.01. The van der Waals surface area contributed by atoms with Crippen LogP contribution in [0.25, 0.3) is 0 Å². The molecule has 1 aliphatic carbocycles. The molecule has 0 unspecified atom stereocenters. The molecule has 14 heavy (non-hydrogen) atoms. The fraction of sp³-hybridized carbons (Fsp3) is 1.00. The highest BCUT2D eigenvalue weighted by molar-refractivity contribution is 4.97. The maximum atomic E-state index is 12.8. The Bertz CT molecular complexity index is 180. The molecule has 0 radical (unpaired) electrons. The van der Waals surface area contributed by atoms with E-state index in [2.05, 4.69) is 12.2 Å². The molecular weight excluding hydrogens is 181 g/mol. The van der Waals surface area contributed by atoms with Gasteiger partial charge in [-0.15, -0.1) is 0 Å². The van der Waals surface area contributed by atoms with Gasteiger partial charge >= 0.3 is 0 Å². The maximum absolute atomic E-state index is 12.8. The molecule has 0 aromatic rings. The summed E-state index contributed by atoms with van der Waals surface area (Å²) in [6.07, 6.45) is 4.95. The third-order valence-electron chi connectivity index (χ3n) is 3.54. The van der Waals surface area contributed by atoms with Crippen molar-refractivity contribution in [3.8, 4) is 0 Å². The third-order valence-corrected chi connectivity index (χ3v) is 3.54. The van der Waals surface area contributed by atoms with Gasteiger partial charge in [-0.3, -0.25) is 0 Å². The first-order valence-corrected chi connectivity index (χ1v) is 5.65. The topological polar surface area (TPSA) is 21.3 Å². The number of hydrogen-bond acceptors (Lipinski definition) is 2. The highest BCUT2D eigenvalue weighted by atomic mass is 19.1. The van der Waals surface area contributed by atoms with Gasteiger partial charge in [-0.25, -0.2) is 4.39 Å². The number of rotatable bonds is 3. The molecule has 2 nitrogen and oxygen atoms in total. The van der Waals surface area contributed by atoms with Crippen molar-refractivity contribution in [1.82, 2.24) is 5.32 Å². The van der Waals surface area contributed by atoms with Gasteiger partial charge in [0.05, 0.1) is 18.8 Å². The molecular formula is C11H20FNO. The fourth-order valence-corrected chi connectivity index (χ4v) is 2.38. The van der Waals surface area contributed by atoms with Gasteiger partial charge in [-0.2, -0.15) is 0 Å². The van der Waals surface area contributed by atoms with E-state index < -0.39 is 0 Å². The molecule has 1 heterocycles. The lowest BCUT2D eigenvalue weighted by atomic mass is 9.85. The molecule has 82 valence electrons. The number of nitrogens with one attached hydrogen (secondary N) is 1. The summed E-state index contributed by atoms with van der Waals surface area (Å²) < 4.78 is 17.9. The van der Waals surface area contributed by atoms with Gasteiger partial charge in [-0.05, 0) is 31.6 Å². The minimum absolute atomic E-state index is 0.293. The number of alkyl halides is 1. The molecule has 2 rings (SSSR count). The van der Waals surface area contributed by atoms with Gasteiger partial charge in [0.25, 0.3) is 0 Å². The van der Waals surface area contributed by atoms with Crippen LogP contribution < -0.4 is 5.32 Å². The highest BCUT2D eigenvalue weighted by Crippen LogP contribution is 2.27. The summed E-state index contributed by atoms with van der Waals surface area (Å²) in [5, 5.41) is 3.44. The van der Waals surface area contributed by atoms with Crippen molar-refractivity contribution >= 4 is 0 Å². The van der Waals surface area contributed by atoms with Gasteiger partial charge in [0, 0.05) is 6.04 Å². The average Bonchev–Trinajstić information content (AvgIpc) is 2.15. The lowest BCUT2D eigenvalue weighted by Gasteiger charge is -2.44. The smallest absolute Gasteiger partial charge is 0.112 e. The molecule has 2 fully saturated rings. The van der Waals surface area contributed by atoms with Crippen LogP contribution in [0.15, 0.2) is 0 Å². The predicted molar refractivity (Wildman–Crippen MR) is 54.1 cm³/mol. The van der Waals surface area contributed by atoms with Crippen LogP contribution in [0.3, 0.4) is 0 Å². The van der Waals surface area contributed by atoms with Crippen molar-refractivity contribution in [3.05, 3.63) is 0 Å². The molecule has 0 bridgehead atoms. The molecule has 0 atom stereocenters. The first kappa shape index (κ1) is 10.4. The molecule has 0 aromatic carbocycles. The zero-order valence-corrected chi connectivity index (χ0v) is 8.89. The third kappa shape index (κ3) is 2.09. The van der Waals surface area contributed by atoms with Gasteiger partial charge in [0.1, 0.15) is 6.67 Å². The normalized spacial score (nSPS) is 36.4. The second-order valence-corrected chi connectivity index (χ2v) is 5.01. The van der Waals surface area contributed by atoms with E-state index in [1.165, 1.54) is 25.7 Å². The molecule has 3 heteroatoms. The SMILES string of the molecule is C[C@H]1CC[C@H](NC2(CF)COC2)CC1. The summed E-state index contributed by atoms with van der Waals surface area (Å²) in [7, 11) is 0. The van der Waals surface area contributed by atoms with Crippen LogP contribution in [0, 0.1) is 5.92 Å². The minimum Gasteiger partial charge on any atom is -0.377 e. The van der Waals surface area contributed by atoms with Crippen LogP contribution in [0.5, 0.6) is 0 Å².